The van der Waals surface area contributed by atoms with Crippen LogP contribution >= 0.6 is 0 Å². The molecule has 0 unspecified atom stereocenters. The molecule has 7 heteroatoms. The van der Waals surface area contributed by atoms with Gasteiger partial charge in [0.2, 0.25) is 0 Å². The Labute approximate surface area is 198 Å². The fourth-order valence-corrected chi connectivity index (χ4v) is 4.84. The molecule has 34 heavy (non-hydrogen) atoms. The van der Waals surface area contributed by atoms with Crippen LogP contribution in [0.3, 0.4) is 0 Å². The number of benzene rings is 2. The van der Waals surface area contributed by atoms with E-state index in [9.17, 15) is 9.65 Å². The first-order valence-corrected chi connectivity index (χ1v) is 11.6. The Bertz CT molecular complexity index is 1380. The molecule has 2 aromatic carbocycles. The van der Waals surface area contributed by atoms with Crippen LogP contribution in [-0.2, 0) is 7.05 Å². The number of ether oxygens (including phenoxy) is 1. The normalized spacial score (nSPS) is 13.6. The van der Waals surface area contributed by atoms with E-state index >= 15 is 0 Å². The smallest absolute Gasteiger partial charge is 0.130 e. The predicted molar refractivity (Wildman–Crippen MR) is 132 cm³/mol. The maximum Gasteiger partial charge on any atom is 0.130 e. The second-order valence-corrected chi connectivity index (χ2v) is 8.88. The summed E-state index contributed by atoms with van der Waals surface area (Å²) < 4.78 is 22.4. The number of halogens is 1. The minimum atomic E-state index is -0.532. The monoisotopic (exact) mass is 457 g/mol. The van der Waals surface area contributed by atoms with Gasteiger partial charge in [0.15, 0.2) is 0 Å². The molecule has 0 amide bonds. The molecule has 6 nitrogen and oxygen atoms in total. The molecular formula is C27H28FN5O. The van der Waals surface area contributed by atoms with E-state index in [2.05, 4.69) is 51.0 Å². The number of rotatable bonds is 7. The fourth-order valence-electron chi connectivity index (χ4n) is 4.84. The Balaban J connectivity index is 1.60. The number of nitrogens with zero attached hydrogens (tertiary/aromatic N) is 5. The number of hydrogen-bond donors (Lipinski definition) is 0. The Morgan fingerprint density at radius 2 is 1.94 bits per heavy atom. The number of aromatic nitrogens is 3. The molecule has 2 heterocycles. The number of fused-ring (bicyclic) bond motifs is 1. The highest BCUT2D eigenvalue weighted by atomic mass is 19.1. The number of aryl methyl sites for hydroxylation is 2. The molecular weight excluding hydrogens is 429 g/mol. The Morgan fingerprint density at radius 3 is 2.53 bits per heavy atom. The zero-order chi connectivity index (χ0) is 23.8. The summed E-state index contributed by atoms with van der Waals surface area (Å²) in [6.07, 6.45) is 3.34. The van der Waals surface area contributed by atoms with E-state index < -0.39 is 6.67 Å². The van der Waals surface area contributed by atoms with Crippen molar-refractivity contribution in [1.29, 1.82) is 5.26 Å². The second-order valence-electron chi connectivity index (χ2n) is 8.88. The van der Waals surface area contributed by atoms with Crippen LogP contribution in [-0.4, -0.2) is 34.7 Å². The van der Waals surface area contributed by atoms with Gasteiger partial charge in [-0.3, -0.25) is 4.68 Å². The third-order valence-corrected chi connectivity index (χ3v) is 6.72. The van der Waals surface area contributed by atoms with E-state index in [0.717, 1.165) is 52.2 Å². The topological polar surface area (TPSA) is 59.0 Å². The summed E-state index contributed by atoms with van der Waals surface area (Å²) in [4.78, 5) is 2.10. The summed E-state index contributed by atoms with van der Waals surface area (Å²) >= 11 is 0. The van der Waals surface area contributed by atoms with Crippen molar-refractivity contribution in [3.63, 3.8) is 0 Å². The lowest BCUT2D eigenvalue weighted by atomic mass is 9.92. The lowest BCUT2D eigenvalue weighted by molar-refractivity contribution is 0.273. The van der Waals surface area contributed by atoms with Crippen molar-refractivity contribution in [2.45, 2.75) is 32.2 Å². The molecule has 1 saturated carbocycles. The highest BCUT2D eigenvalue weighted by Crippen LogP contribution is 2.43. The number of anilines is 2. The van der Waals surface area contributed by atoms with Crippen LogP contribution in [0.25, 0.3) is 22.2 Å². The number of alkyl halides is 1. The molecule has 1 aliphatic carbocycles. The van der Waals surface area contributed by atoms with Gasteiger partial charge in [-0.05, 0) is 56.0 Å². The predicted octanol–water partition coefficient (Wildman–Crippen LogP) is 6.06. The molecule has 0 atom stereocenters. The zero-order valence-corrected chi connectivity index (χ0v) is 19.8. The van der Waals surface area contributed by atoms with Gasteiger partial charge < -0.3 is 14.2 Å². The van der Waals surface area contributed by atoms with Crippen molar-refractivity contribution in [2.75, 3.05) is 25.2 Å². The van der Waals surface area contributed by atoms with Gasteiger partial charge in [0.1, 0.15) is 30.9 Å². The molecule has 5 rings (SSSR count). The molecule has 1 aliphatic rings. The largest absolute Gasteiger partial charge is 0.491 e. The maximum atomic E-state index is 12.6. The van der Waals surface area contributed by atoms with Gasteiger partial charge in [-0.2, -0.15) is 10.4 Å². The highest BCUT2D eigenvalue weighted by Gasteiger charge is 2.28. The van der Waals surface area contributed by atoms with Gasteiger partial charge >= 0.3 is 0 Å². The molecule has 0 radical (unpaired) electrons. The molecule has 0 saturated heterocycles. The van der Waals surface area contributed by atoms with Crippen molar-refractivity contribution in [3.8, 4) is 23.1 Å². The Kier molecular flexibility index (Phi) is 5.74. The van der Waals surface area contributed by atoms with Gasteiger partial charge in [0.05, 0.1) is 22.5 Å². The second kappa shape index (κ2) is 8.86. The number of nitriles is 1. The van der Waals surface area contributed by atoms with Gasteiger partial charge in [-0.1, -0.05) is 12.1 Å². The number of hydrogen-bond acceptors (Lipinski definition) is 4. The molecule has 0 bridgehead atoms. The third-order valence-electron chi connectivity index (χ3n) is 6.72. The molecule has 2 aromatic heterocycles. The van der Waals surface area contributed by atoms with E-state index in [4.69, 9.17) is 4.74 Å². The van der Waals surface area contributed by atoms with Crippen LogP contribution < -0.4 is 9.64 Å². The van der Waals surface area contributed by atoms with Crippen molar-refractivity contribution < 1.29 is 9.13 Å². The zero-order valence-electron chi connectivity index (χ0n) is 19.8. The van der Waals surface area contributed by atoms with Crippen LogP contribution in [0, 0.1) is 18.3 Å². The first kappa shape index (κ1) is 22.0. The van der Waals surface area contributed by atoms with Crippen LogP contribution in [0.4, 0.5) is 15.9 Å². The summed E-state index contributed by atoms with van der Waals surface area (Å²) in [5.41, 5.74) is 5.60. The molecule has 0 spiro atoms. The quantitative estimate of drug-likeness (QED) is 0.338. The molecule has 0 aliphatic heterocycles. The maximum absolute atomic E-state index is 12.6. The summed E-state index contributed by atoms with van der Waals surface area (Å²) in [6.45, 7) is 1.48. The van der Waals surface area contributed by atoms with Crippen LogP contribution in [0.2, 0.25) is 0 Å². The average molecular weight is 458 g/mol. The van der Waals surface area contributed by atoms with Gasteiger partial charge in [0.25, 0.3) is 0 Å². The van der Waals surface area contributed by atoms with Crippen LogP contribution in [0.5, 0.6) is 5.75 Å². The highest BCUT2D eigenvalue weighted by molar-refractivity contribution is 5.95. The van der Waals surface area contributed by atoms with E-state index in [-0.39, 0.29) is 6.61 Å². The van der Waals surface area contributed by atoms with E-state index in [0.29, 0.717) is 17.4 Å². The fraction of sp³-hybridized carbons (Fsp3) is 0.333. The van der Waals surface area contributed by atoms with E-state index in [1.807, 2.05) is 43.9 Å². The van der Waals surface area contributed by atoms with Crippen LogP contribution in [0.15, 0.2) is 48.5 Å². The lowest BCUT2D eigenvalue weighted by Crippen LogP contribution is -2.18. The summed E-state index contributed by atoms with van der Waals surface area (Å²) in [6, 6.07) is 18.9. The SMILES string of the molecule is Cc1cc(N(C)c2ccc(-c3c(C#N)c4ccc(OCCF)cc4n3C3CCC3)cc2)n(C)n1. The van der Waals surface area contributed by atoms with Crippen molar-refractivity contribution in [1.82, 2.24) is 14.3 Å². The standard InChI is InChI=1S/C27H28FN5O/c1-18-15-26(32(3)30-18)31(2)20-9-7-19(8-10-20)27-24(17-29)23-12-11-22(34-14-13-28)16-25(23)33(27)21-5-4-6-21/h7-12,15-16,21H,4-6,13-14H2,1-3H3. The first-order valence-electron chi connectivity index (χ1n) is 11.6. The Hall–Kier alpha value is -3.79. The molecule has 1 fully saturated rings. The Morgan fingerprint density at radius 1 is 1.18 bits per heavy atom. The average Bonchev–Trinajstić information content (AvgIpc) is 3.32. The summed E-state index contributed by atoms with van der Waals surface area (Å²) in [5, 5.41) is 15.5. The van der Waals surface area contributed by atoms with Gasteiger partial charge in [-0.15, -0.1) is 0 Å². The van der Waals surface area contributed by atoms with E-state index in [1.165, 1.54) is 6.42 Å². The van der Waals surface area contributed by atoms with E-state index in [1.54, 1.807) is 0 Å². The lowest BCUT2D eigenvalue weighted by Gasteiger charge is -2.30. The van der Waals surface area contributed by atoms with Crippen molar-refractivity contribution in [2.24, 2.45) is 7.05 Å². The van der Waals surface area contributed by atoms with Gasteiger partial charge in [0, 0.05) is 43.3 Å². The minimum absolute atomic E-state index is 0.0266. The van der Waals surface area contributed by atoms with Crippen molar-refractivity contribution in [3.05, 3.63) is 59.8 Å². The van der Waals surface area contributed by atoms with Crippen LogP contribution in [0.1, 0.15) is 36.6 Å². The molecule has 4 aromatic rings. The summed E-state index contributed by atoms with van der Waals surface area (Å²) in [5.74, 6) is 1.63. The van der Waals surface area contributed by atoms with Crippen molar-refractivity contribution >= 4 is 22.4 Å². The molecule has 0 N–H and O–H groups in total. The summed E-state index contributed by atoms with van der Waals surface area (Å²) in [7, 11) is 3.96. The first-order chi connectivity index (χ1) is 16.5. The molecule has 174 valence electrons. The minimum Gasteiger partial charge on any atom is -0.491 e. The third kappa shape index (κ3) is 3.69. The van der Waals surface area contributed by atoms with Gasteiger partial charge in [-0.25, -0.2) is 4.39 Å².